The maximum atomic E-state index is 5.74. The van der Waals surface area contributed by atoms with Gasteiger partial charge in [-0.1, -0.05) is 0 Å². The van der Waals surface area contributed by atoms with Gasteiger partial charge in [0.05, 0.1) is 0 Å². The zero-order valence-corrected chi connectivity index (χ0v) is 4.58. The van der Waals surface area contributed by atoms with Gasteiger partial charge in [0.1, 0.15) is 0 Å². The summed E-state index contributed by atoms with van der Waals surface area (Å²) in [5.74, 6) is 0. The third-order valence-electron chi connectivity index (χ3n) is 0. The molecule has 0 aromatic carbocycles. The van der Waals surface area contributed by atoms with Crippen molar-refractivity contribution in [2.45, 2.75) is 0 Å². The summed E-state index contributed by atoms with van der Waals surface area (Å²) in [6, 6.07) is 0. The monoisotopic (exact) mass is 61.0 g/mol. The molecule has 0 aliphatic heterocycles. The van der Waals surface area contributed by atoms with Crippen LogP contribution < -0.4 is 29.6 Å². The van der Waals surface area contributed by atoms with Gasteiger partial charge in [0.2, 0.25) is 0 Å². The van der Waals surface area contributed by atoms with Crippen molar-refractivity contribution < 1.29 is 29.6 Å². The summed E-state index contributed by atoms with van der Waals surface area (Å²) in [6.45, 7) is 0. The molecular formula is CHBNNa. The van der Waals surface area contributed by atoms with Gasteiger partial charge in [-0.2, -0.15) is 7.85 Å². The molecule has 14 valence electrons. The van der Waals surface area contributed by atoms with E-state index in [2.05, 4.69) is 7.85 Å². The van der Waals surface area contributed by atoms with E-state index >= 15 is 0 Å². The minimum absolute atomic E-state index is 0. The molecular weight excluding hydrogens is 59.8 g/mol. The summed E-state index contributed by atoms with van der Waals surface area (Å²) in [7, 11) is 4.26. The third kappa shape index (κ3) is 15.2. The van der Waals surface area contributed by atoms with Crippen molar-refractivity contribution in [1.82, 2.24) is 0 Å². The average Bonchev–Trinajstić information content (AvgIpc) is 0.918. The fourth-order valence-corrected chi connectivity index (χ4v) is 0. The third-order valence-corrected chi connectivity index (χ3v) is 0. The second-order valence-corrected chi connectivity index (χ2v) is 0.144. The second kappa shape index (κ2) is 9.28. The van der Waals surface area contributed by atoms with Crippen molar-refractivity contribution in [3.63, 3.8) is 0 Å². The maximum absolute atomic E-state index is 5.74. The smallest absolute Gasteiger partial charge is 0.525 e. The van der Waals surface area contributed by atoms with Crippen LogP contribution in [0.25, 0.3) is 0 Å². The first-order chi connectivity index (χ1) is 1.41. The van der Waals surface area contributed by atoms with Crippen LogP contribution in [0.15, 0.2) is 0 Å². The molecule has 3 heteroatoms. The fraction of sp³-hybridized carbons (Fsp3) is 0. The summed E-state index contributed by atoms with van der Waals surface area (Å²) >= 11 is 0. The molecule has 0 fully saturated rings. The van der Waals surface area contributed by atoms with Crippen LogP contribution in [0.4, 0.5) is 0 Å². The molecule has 0 unspecified atom stereocenters. The molecule has 0 spiro atoms. The summed E-state index contributed by atoms with van der Waals surface area (Å²) in [6.07, 6.45) is 1.50. The molecule has 0 aromatic rings. The van der Waals surface area contributed by atoms with Crippen LogP contribution in [-0.4, -0.2) is 14.0 Å². The normalized spacial score (nSPS) is 3.00. The average molecular weight is 60.8 g/mol. The van der Waals surface area contributed by atoms with Gasteiger partial charge in [-0.15, -0.1) is 0 Å². The van der Waals surface area contributed by atoms with Gasteiger partial charge >= 0.3 is 29.6 Å². The number of hydrogen-bond donors (Lipinski definition) is 1. The van der Waals surface area contributed by atoms with E-state index in [1.165, 1.54) is 6.11 Å². The van der Waals surface area contributed by atoms with Crippen molar-refractivity contribution in [1.29, 1.82) is 5.41 Å². The van der Waals surface area contributed by atoms with Gasteiger partial charge in [0.25, 0.3) is 0 Å². The molecule has 1 nitrogen and oxygen atoms in total. The molecule has 0 rings (SSSR count). The minimum atomic E-state index is 0. The van der Waals surface area contributed by atoms with E-state index < -0.39 is 0 Å². The first-order valence-corrected chi connectivity index (χ1v) is 0.539. The molecule has 0 bridgehead atoms. The summed E-state index contributed by atoms with van der Waals surface area (Å²) in [4.78, 5) is 0. The topological polar surface area (TPSA) is 23.9 Å². The van der Waals surface area contributed by atoms with Crippen LogP contribution in [0.2, 0.25) is 0 Å². The Hall–Kier alpha value is 0.735. The van der Waals surface area contributed by atoms with E-state index in [1.54, 1.807) is 0 Å². The summed E-state index contributed by atoms with van der Waals surface area (Å²) in [5.41, 5.74) is 0. The van der Waals surface area contributed by atoms with E-state index in [-0.39, 0.29) is 29.6 Å². The van der Waals surface area contributed by atoms with Crippen LogP contribution >= 0.6 is 0 Å². The number of rotatable bonds is 0. The van der Waals surface area contributed by atoms with Crippen LogP contribution in [-0.2, 0) is 0 Å². The van der Waals surface area contributed by atoms with Crippen molar-refractivity contribution in [2.75, 3.05) is 0 Å². The summed E-state index contributed by atoms with van der Waals surface area (Å²) < 4.78 is 0. The first-order valence-electron chi connectivity index (χ1n) is 0.539. The molecule has 1 N–H and O–H groups in total. The quantitative estimate of drug-likeness (QED) is 0.172. The van der Waals surface area contributed by atoms with E-state index in [9.17, 15) is 0 Å². The second-order valence-electron chi connectivity index (χ2n) is 0.144. The zero-order valence-electron chi connectivity index (χ0n) is 2.58. The SMILES string of the molecule is [B][C-]=N.[Na+]. The Morgan fingerprint density at radius 1 is 1.75 bits per heavy atom. The van der Waals surface area contributed by atoms with Crippen molar-refractivity contribution in [2.24, 2.45) is 0 Å². The molecule has 0 saturated carbocycles. The zero-order chi connectivity index (χ0) is 2.71. The Morgan fingerprint density at radius 2 is 1.75 bits per heavy atom. The number of hydrogen-bond acceptors (Lipinski definition) is 1. The maximum Gasteiger partial charge on any atom is 1.00 e. The minimum Gasteiger partial charge on any atom is -0.525 e. The van der Waals surface area contributed by atoms with Crippen LogP contribution in [0.5, 0.6) is 0 Å². The molecule has 0 aromatic heterocycles. The molecule has 0 atom stereocenters. The van der Waals surface area contributed by atoms with E-state index in [1.807, 2.05) is 0 Å². The van der Waals surface area contributed by atoms with Gasteiger partial charge < -0.3 is 11.5 Å². The fourth-order valence-electron chi connectivity index (χ4n) is 0. The Labute approximate surface area is 49.0 Å². The Bertz CT molecular complexity index is 15.5. The van der Waals surface area contributed by atoms with Gasteiger partial charge in [0, 0.05) is 0 Å². The Balaban J connectivity index is 0. The van der Waals surface area contributed by atoms with Crippen LogP contribution in [0.1, 0.15) is 0 Å². The largest absolute Gasteiger partial charge is 1.00 e. The molecule has 0 aliphatic rings. The van der Waals surface area contributed by atoms with E-state index in [4.69, 9.17) is 5.41 Å². The van der Waals surface area contributed by atoms with Crippen molar-refractivity contribution >= 4 is 14.0 Å². The summed E-state index contributed by atoms with van der Waals surface area (Å²) in [5, 5.41) is 5.74. The van der Waals surface area contributed by atoms with E-state index in [0.717, 1.165) is 0 Å². The molecule has 0 aliphatic carbocycles. The van der Waals surface area contributed by atoms with Crippen LogP contribution in [0.3, 0.4) is 0 Å². The van der Waals surface area contributed by atoms with Gasteiger partial charge in [0.15, 0.2) is 0 Å². The molecule has 4 heavy (non-hydrogen) atoms. The predicted molar refractivity (Wildman–Crippen MR) is 13.5 cm³/mol. The predicted octanol–water partition coefficient (Wildman–Crippen LogP) is -3.36. The first kappa shape index (κ1) is 8.83. The molecule has 0 amide bonds. The Morgan fingerprint density at radius 3 is 1.75 bits per heavy atom. The van der Waals surface area contributed by atoms with Crippen molar-refractivity contribution in [3.05, 3.63) is 0 Å². The van der Waals surface area contributed by atoms with Crippen LogP contribution in [0, 0.1) is 5.41 Å². The molecule has 0 heterocycles. The van der Waals surface area contributed by atoms with Gasteiger partial charge in [-0.25, -0.2) is 0 Å². The van der Waals surface area contributed by atoms with Gasteiger partial charge in [-0.3, -0.25) is 0 Å². The van der Waals surface area contributed by atoms with Crippen molar-refractivity contribution in [3.8, 4) is 0 Å². The molecule has 2 radical (unpaired) electrons. The van der Waals surface area contributed by atoms with Gasteiger partial charge in [-0.05, 0) is 0 Å². The Kier molecular flexibility index (Phi) is 20.5. The van der Waals surface area contributed by atoms with E-state index in [0.29, 0.717) is 0 Å². The number of nitrogens with one attached hydrogen (secondary N) is 1. The molecule has 0 saturated heterocycles. The standard InChI is InChI=1S/CHBN.Na/c2-1-3;/h3H;/q-1;+1.